The number of carbonyl (C=O) groups excluding carboxylic acids is 2. The Balaban J connectivity index is 1.79. The molecule has 2 rings (SSSR count). The molecule has 0 fully saturated rings. The lowest BCUT2D eigenvalue weighted by molar-refractivity contribution is 0.0159. The molecular weight excluding hydrogens is 324 g/mol. The van der Waals surface area contributed by atoms with E-state index in [1.165, 1.54) is 25.3 Å². The summed E-state index contributed by atoms with van der Waals surface area (Å²) in [5.41, 5.74) is 1.46. The summed E-state index contributed by atoms with van der Waals surface area (Å²) in [7, 11) is 0. The molecular formula is C18H20N2O5. The van der Waals surface area contributed by atoms with Crippen LogP contribution in [0, 0.1) is 0 Å². The molecule has 2 aromatic rings. The summed E-state index contributed by atoms with van der Waals surface area (Å²) in [5, 5.41) is 22.4. The van der Waals surface area contributed by atoms with Crippen LogP contribution in [0.4, 0.5) is 4.79 Å². The van der Waals surface area contributed by atoms with Crippen LogP contribution >= 0.6 is 0 Å². The van der Waals surface area contributed by atoms with Crippen LogP contribution in [0.5, 0.6) is 0 Å². The second kappa shape index (κ2) is 8.91. The van der Waals surface area contributed by atoms with Gasteiger partial charge in [-0.15, -0.1) is 0 Å². The molecule has 3 N–H and O–H groups in total. The average molecular weight is 344 g/mol. The predicted octanol–water partition coefficient (Wildman–Crippen LogP) is 1.60. The van der Waals surface area contributed by atoms with E-state index in [9.17, 15) is 19.8 Å². The van der Waals surface area contributed by atoms with Gasteiger partial charge in [-0.05, 0) is 24.6 Å². The number of rotatable bonds is 7. The molecule has 0 bridgehead atoms. The molecule has 2 unspecified atom stereocenters. The summed E-state index contributed by atoms with van der Waals surface area (Å²) >= 11 is 0. The van der Waals surface area contributed by atoms with Crippen molar-refractivity contribution in [2.24, 2.45) is 0 Å². The predicted molar refractivity (Wildman–Crippen MR) is 89.8 cm³/mol. The molecule has 1 heterocycles. The van der Waals surface area contributed by atoms with Crippen molar-refractivity contribution in [3.63, 3.8) is 0 Å². The smallest absolute Gasteiger partial charge is 0.407 e. The molecule has 0 aliphatic rings. The normalized spacial score (nSPS) is 12.9. The molecule has 0 aliphatic carbocycles. The number of aliphatic hydroxyl groups excluding tert-OH is 2. The molecule has 132 valence electrons. The van der Waals surface area contributed by atoms with Gasteiger partial charge in [0.15, 0.2) is 5.78 Å². The lowest BCUT2D eigenvalue weighted by Crippen LogP contribution is -2.36. The Bertz CT molecular complexity index is 703. The quantitative estimate of drug-likeness (QED) is 0.659. The number of aromatic nitrogens is 1. The minimum absolute atomic E-state index is 0.111. The number of ketones is 1. The van der Waals surface area contributed by atoms with Crippen LogP contribution in [0.25, 0.3) is 0 Å². The minimum Gasteiger partial charge on any atom is -0.445 e. The Morgan fingerprint density at radius 2 is 1.88 bits per heavy atom. The summed E-state index contributed by atoms with van der Waals surface area (Å²) in [5.74, 6) is -0.142. The first-order valence-corrected chi connectivity index (χ1v) is 7.75. The van der Waals surface area contributed by atoms with Crippen molar-refractivity contribution in [2.45, 2.75) is 25.7 Å². The van der Waals surface area contributed by atoms with E-state index in [0.29, 0.717) is 5.56 Å². The maximum Gasteiger partial charge on any atom is 0.407 e. The number of ether oxygens (including phenoxy) is 1. The summed E-state index contributed by atoms with van der Waals surface area (Å²) in [6.07, 6.45) is -1.93. The van der Waals surface area contributed by atoms with Gasteiger partial charge in [0, 0.05) is 18.3 Å². The SMILES string of the molecule is CC(=O)c1ccc(C(O)C(O)CNC(=O)OCc2ccccc2)nc1. The van der Waals surface area contributed by atoms with Crippen molar-refractivity contribution in [3.05, 3.63) is 65.5 Å². The summed E-state index contributed by atoms with van der Waals surface area (Å²) in [6.45, 7) is 1.32. The van der Waals surface area contributed by atoms with Crippen molar-refractivity contribution < 1.29 is 24.5 Å². The van der Waals surface area contributed by atoms with Crippen LogP contribution in [0.3, 0.4) is 0 Å². The van der Waals surface area contributed by atoms with Crippen LogP contribution in [-0.2, 0) is 11.3 Å². The first-order valence-electron chi connectivity index (χ1n) is 7.75. The third-order valence-corrected chi connectivity index (χ3v) is 3.53. The molecule has 1 amide bonds. The van der Waals surface area contributed by atoms with Crippen molar-refractivity contribution in [2.75, 3.05) is 6.54 Å². The Labute approximate surface area is 145 Å². The number of alkyl carbamates (subject to hydrolysis) is 1. The highest BCUT2D eigenvalue weighted by atomic mass is 16.5. The largest absolute Gasteiger partial charge is 0.445 e. The molecule has 1 aromatic carbocycles. The first kappa shape index (κ1) is 18.6. The van der Waals surface area contributed by atoms with E-state index in [1.807, 2.05) is 30.3 Å². The molecule has 7 nitrogen and oxygen atoms in total. The van der Waals surface area contributed by atoms with Crippen molar-refractivity contribution in [1.29, 1.82) is 0 Å². The van der Waals surface area contributed by atoms with Crippen LogP contribution in [0.15, 0.2) is 48.7 Å². The third kappa shape index (κ3) is 5.66. The van der Waals surface area contributed by atoms with E-state index in [0.717, 1.165) is 5.56 Å². The number of pyridine rings is 1. The van der Waals surface area contributed by atoms with Crippen LogP contribution in [0.1, 0.15) is 34.6 Å². The van der Waals surface area contributed by atoms with Crippen molar-refractivity contribution in [3.8, 4) is 0 Å². The highest BCUT2D eigenvalue weighted by Crippen LogP contribution is 2.15. The average Bonchev–Trinajstić information content (AvgIpc) is 2.64. The van der Waals surface area contributed by atoms with Crippen molar-refractivity contribution in [1.82, 2.24) is 10.3 Å². The number of carbonyl (C=O) groups is 2. The Morgan fingerprint density at radius 3 is 2.48 bits per heavy atom. The molecule has 25 heavy (non-hydrogen) atoms. The highest BCUT2D eigenvalue weighted by Gasteiger charge is 2.20. The van der Waals surface area contributed by atoms with Gasteiger partial charge in [0.1, 0.15) is 18.8 Å². The number of nitrogens with one attached hydrogen (secondary N) is 1. The van der Waals surface area contributed by atoms with E-state index in [-0.39, 0.29) is 24.6 Å². The molecule has 1 aromatic heterocycles. The van der Waals surface area contributed by atoms with Gasteiger partial charge in [-0.25, -0.2) is 4.79 Å². The first-order chi connectivity index (χ1) is 12.0. The van der Waals surface area contributed by atoms with Gasteiger partial charge in [-0.2, -0.15) is 0 Å². The maximum atomic E-state index is 11.6. The third-order valence-electron chi connectivity index (χ3n) is 3.53. The number of benzene rings is 1. The number of hydrogen-bond donors (Lipinski definition) is 3. The highest BCUT2D eigenvalue weighted by molar-refractivity contribution is 5.93. The summed E-state index contributed by atoms with van der Waals surface area (Å²) in [4.78, 5) is 26.8. The second-order valence-electron chi connectivity index (χ2n) is 5.48. The van der Waals surface area contributed by atoms with Gasteiger partial charge >= 0.3 is 6.09 Å². The van der Waals surface area contributed by atoms with Gasteiger partial charge in [0.05, 0.1) is 5.69 Å². The van der Waals surface area contributed by atoms with Gasteiger partial charge in [0.2, 0.25) is 0 Å². The molecule has 0 saturated carbocycles. The Hall–Kier alpha value is -2.77. The van der Waals surface area contributed by atoms with E-state index in [1.54, 1.807) is 0 Å². The monoisotopic (exact) mass is 344 g/mol. The summed E-state index contributed by atoms with van der Waals surface area (Å²) < 4.78 is 5.01. The zero-order valence-corrected chi connectivity index (χ0v) is 13.8. The Kier molecular flexibility index (Phi) is 6.62. The molecule has 2 atom stereocenters. The number of amides is 1. The van der Waals surface area contributed by atoms with Gasteiger partial charge in [-0.1, -0.05) is 30.3 Å². The number of aliphatic hydroxyl groups is 2. The fraction of sp³-hybridized carbons (Fsp3) is 0.278. The van der Waals surface area contributed by atoms with Crippen molar-refractivity contribution >= 4 is 11.9 Å². The fourth-order valence-corrected chi connectivity index (χ4v) is 2.06. The van der Waals surface area contributed by atoms with Gasteiger partial charge in [0.25, 0.3) is 0 Å². The van der Waals surface area contributed by atoms with Crippen LogP contribution < -0.4 is 5.32 Å². The minimum atomic E-state index is -1.30. The number of Topliss-reactive ketones (excluding diaryl/α,β-unsaturated/α-hetero) is 1. The number of hydrogen-bond acceptors (Lipinski definition) is 6. The molecule has 0 aliphatic heterocycles. The van der Waals surface area contributed by atoms with Crippen LogP contribution in [0.2, 0.25) is 0 Å². The standard InChI is InChI=1S/C18H20N2O5/c1-12(21)14-7-8-15(19-9-14)17(23)16(22)10-20-18(24)25-11-13-5-3-2-4-6-13/h2-9,16-17,22-23H,10-11H2,1H3,(H,20,24). The lowest BCUT2D eigenvalue weighted by atomic mass is 10.1. The zero-order valence-electron chi connectivity index (χ0n) is 13.8. The zero-order chi connectivity index (χ0) is 18.2. The second-order valence-corrected chi connectivity index (χ2v) is 5.48. The molecule has 0 spiro atoms. The molecule has 0 saturated heterocycles. The van der Waals surface area contributed by atoms with E-state index >= 15 is 0 Å². The molecule has 7 heteroatoms. The number of nitrogens with zero attached hydrogens (tertiary/aromatic N) is 1. The van der Waals surface area contributed by atoms with Crippen LogP contribution in [-0.4, -0.2) is 39.7 Å². The van der Waals surface area contributed by atoms with Gasteiger partial charge in [-0.3, -0.25) is 9.78 Å². The van der Waals surface area contributed by atoms with Gasteiger partial charge < -0.3 is 20.3 Å². The fourth-order valence-electron chi connectivity index (χ4n) is 2.06. The Morgan fingerprint density at radius 1 is 1.16 bits per heavy atom. The van der Waals surface area contributed by atoms with E-state index in [4.69, 9.17) is 4.74 Å². The lowest BCUT2D eigenvalue weighted by Gasteiger charge is -2.18. The topological polar surface area (TPSA) is 109 Å². The van der Waals surface area contributed by atoms with E-state index in [2.05, 4.69) is 10.3 Å². The summed E-state index contributed by atoms with van der Waals surface area (Å²) in [6, 6.07) is 12.1. The molecule has 0 radical (unpaired) electrons. The maximum absolute atomic E-state index is 11.6. The van der Waals surface area contributed by atoms with E-state index < -0.39 is 18.3 Å².